The SMILES string of the molecule is CC(C)(C)O.[Ti]. The molecule has 0 heterocycles. The van der Waals surface area contributed by atoms with Crippen molar-refractivity contribution in [3.8, 4) is 0 Å². The standard InChI is InChI=1S/C4H10O.Ti/c1-4(2,3)5;/h5H,1-3H3;. The average Bonchev–Trinajstić information content (AvgIpc) is 0.722. The zero-order chi connectivity index (χ0) is 4.50. The molecule has 6 heavy (non-hydrogen) atoms. The van der Waals surface area contributed by atoms with E-state index in [1.54, 1.807) is 20.8 Å². The molecule has 0 saturated heterocycles. The summed E-state index contributed by atoms with van der Waals surface area (Å²) in [5.74, 6) is 0. The largest absolute Gasteiger partial charge is 0.391 e. The molecule has 1 N–H and O–H groups in total. The van der Waals surface area contributed by atoms with E-state index < -0.39 is 5.60 Å². The Morgan fingerprint density at radius 1 is 1.17 bits per heavy atom. The summed E-state index contributed by atoms with van der Waals surface area (Å²) in [4.78, 5) is 0. The Bertz CT molecular complexity index is 23.0. The van der Waals surface area contributed by atoms with Gasteiger partial charge in [0.25, 0.3) is 0 Å². The summed E-state index contributed by atoms with van der Waals surface area (Å²) in [7, 11) is 0. The predicted octanol–water partition coefficient (Wildman–Crippen LogP) is 0.775. The van der Waals surface area contributed by atoms with Gasteiger partial charge in [-0.2, -0.15) is 0 Å². The molecule has 0 aromatic carbocycles. The molecule has 1 nitrogen and oxygen atoms in total. The van der Waals surface area contributed by atoms with Gasteiger partial charge in [-0.05, 0) is 20.8 Å². The van der Waals surface area contributed by atoms with E-state index in [0.717, 1.165) is 0 Å². The average molecular weight is 122 g/mol. The first-order valence-electron chi connectivity index (χ1n) is 1.72. The molecular formula is C4H10OTi. The van der Waals surface area contributed by atoms with E-state index in [1.165, 1.54) is 0 Å². The van der Waals surface area contributed by atoms with Crippen molar-refractivity contribution in [2.45, 2.75) is 26.4 Å². The second-order valence-corrected chi connectivity index (χ2v) is 2.17. The fourth-order valence-corrected chi connectivity index (χ4v) is 0. The van der Waals surface area contributed by atoms with Crippen LogP contribution in [0.25, 0.3) is 0 Å². The van der Waals surface area contributed by atoms with Gasteiger partial charge in [-0.1, -0.05) is 0 Å². The summed E-state index contributed by atoms with van der Waals surface area (Å²) < 4.78 is 0. The summed E-state index contributed by atoms with van der Waals surface area (Å²) in [6.45, 7) is 5.23. The van der Waals surface area contributed by atoms with Crippen LogP contribution in [0.2, 0.25) is 0 Å². The molecule has 2 heteroatoms. The second-order valence-electron chi connectivity index (χ2n) is 2.17. The minimum absolute atomic E-state index is 0. The van der Waals surface area contributed by atoms with Gasteiger partial charge in [0.15, 0.2) is 0 Å². The van der Waals surface area contributed by atoms with Crippen LogP contribution in [-0.4, -0.2) is 10.7 Å². The third-order valence-electron chi connectivity index (χ3n) is 0. The van der Waals surface area contributed by atoms with Gasteiger partial charge in [0.1, 0.15) is 0 Å². The third kappa shape index (κ3) is 139. The van der Waals surface area contributed by atoms with Gasteiger partial charge in [0, 0.05) is 21.7 Å². The first-order chi connectivity index (χ1) is 2.00. The van der Waals surface area contributed by atoms with Gasteiger partial charge in [-0.25, -0.2) is 0 Å². The molecule has 0 radical (unpaired) electrons. The summed E-state index contributed by atoms with van der Waals surface area (Å²) in [6.07, 6.45) is 0. The van der Waals surface area contributed by atoms with Gasteiger partial charge >= 0.3 is 0 Å². The Balaban J connectivity index is 0. The molecule has 0 bridgehead atoms. The van der Waals surface area contributed by atoms with Crippen LogP contribution in [0.4, 0.5) is 0 Å². The Morgan fingerprint density at radius 2 is 1.17 bits per heavy atom. The topological polar surface area (TPSA) is 20.2 Å². The minimum atomic E-state index is -0.500. The van der Waals surface area contributed by atoms with E-state index in [4.69, 9.17) is 5.11 Å². The fraction of sp³-hybridized carbons (Fsp3) is 1.00. The molecule has 0 atom stereocenters. The van der Waals surface area contributed by atoms with E-state index in [9.17, 15) is 0 Å². The van der Waals surface area contributed by atoms with Crippen molar-refractivity contribution < 1.29 is 26.8 Å². The Hall–Kier alpha value is 0.674. The molecule has 0 spiro atoms. The van der Waals surface area contributed by atoms with Crippen molar-refractivity contribution in [1.29, 1.82) is 0 Å². The monoisotopic (exact) mass is 122 g/mol. The van der Waals surface area contributed by atoms with Gasteiger partial charge in [0.2, 0.25) is 0 Å². The molecule has 0 amide bonds. The van der Waals surface area contributed by atoms with Crippen LogP contribution in [0.15, 0.2) is 0 Å². The van der Waals surface area contributed by atoms with E-state index in [1.807, 2.05) is 0 Å². The Labute approximate surface area is 53.6 Å². The van der Waals surface area contributed by atoms with Gasteiger partial charge in [-0.15, -0.1) is 0 Å². The van der Waals surface area contributed by atoms with Crippen molar-refractivity contribution >= 4 is 0 Å². The predicted molar refractivity (Wildman–Crippen MR) is 22.0 cm³/mol. The second kappa shape index (κ2) is 2.78. The molecule has 0 aromatic heterocycles. The van der Waals surface area contributed by atoms with E-state index >= 15 is 0 Å². The van der Waals surface area contributed by atoms with E-state index in [2.05, 4.69) is 0 Å². The zero-order valence-electron chi connectivity index (χ0n) is 4.45. The molecule has 0 saturated carbocycles. The van der Waals surface area contributed by atoms with Crippen LogP contribution in [0.5, 0.6) is 0 Å². The molecule has 0 aliphatic heterocycles. The summed E-state index contributed by atoms with van der Waals surface area (Å²) in [5, 5.41) is 8.52. The Kier molecular flexibility index (Phi) is 4.56. The zero-order valence-corrected chi connectivity index (χ0v) is 6.01. The quantitative estimate of drug-likeness (QED) is 0.470. The van der Waals surface area contributed by atoms with Gasteiger partial charge in [0.05, 0.1) is 5.60 Å². The Morgan fingerprint density at radius 3 is 1.17 bits per heavy atom. The minimum Gasteiger partial charge on any atom is -0.391 e. The first-order valence-corrected chi connectivity index (χ1v) is 1.72. The van der Waals surface area contributed by atoms with Crippen molar-refractivity contribution in [3.63, 3.8) is 0 Å². The van der Waals surface area contributed by atoms with E-state index in [-0.39, 0.29) is 21.7 Å². The molecule has 0 fully saturated rings. The van der Waals surface area contributed by atoms with Crippen LogP contribution in [0, 0.1) is 0 Å². The maximum absolute atomic E-state index is 8.52. The summed E-state index contributed by atoms with van der Waals surface area (Å²) in [5.41, 5.74) is -0.500. The van der Waals surface area contributed by atoms with Crippen LogP contribution in [-0.2, 0) is 21.7 Å². The van der Waals surface area contributed by atoms with Crippen LogP contribution in [0.1, 0.15) is 20.8 Å². The smallest absolute Gasteiger partial charge is 0.0563 e. The number of hydrogen-bond donors (Lipinski definition) is 1. The van der Waals surface area contributed by atoms with Crippen molar-refractivity contribution in [2.24, 2.45) is 0 Å². The van der Waals surface area contributed by atoms with Crippen LogP contribution in [0.3, 0.4) is 0 Å². The number of rotatable bonds is 0. The van der Waals surface area contributed by atoms with Crippen molar-refractivity contribution in [1.82, 2.24) is 0 Å². The molecule has 0 aliphatic carbocycles. The normalized spacial score (nSPS) is 10.0. The molecule has 36 valence electrons. The fourth-order valence-electron chi connectivity index (χ4n) is 0. The number of aliphatic hydroxyl groups is 1. The van der Waals surface area contributed by atoms with Crippen molar-refractivity contribution in [3.05, 3.63) is 0 Å². The molecule has 0 aromatic rings. The van der Waals surface area contributed by atoms with Gasteiger partial charge in [-0.3, -0.25) is 0 Å². The molecule has 0 aliphatic rings. The summed E-state index contributed by atoms with van der Waals surface area (Å²) >= 11 is 0. The van der Waals surface area contributed by atoms with E-state index in [0.29, 0.717) is 0 Å². The van der Waals surface area contributed by atoms with Crippen LogP contribution >= 0.6 is 0 Å². The maximum atomic E-state index is 8.52. The molecule has 0 unspecified atom stereocenters. The third-order valence-corrected chi connectivity index (χ3v) is 0. The van der Waals surface area contributed by atoms with Gasteiger partial charge < -0.3 is 5.11 Å². The summed E-state index contributed by atoms with van der Waals surface area (Å²) in [6, 6.07) is 0. The first kappa shape index (κ1) is 9.84. The van der Waals surface area contributed by atoms with Crippen LogP contribution < -0.4 is 0 Å². The maximum Gasteiger partial charge on any atom is 0.0563 e. The number of hydrogen-bond acceptors (Lipinski definition) is 1. The van der Waals surface area contributed by atoms with Crippen molar-refractivity contribution in [2.75, 3.05) is 0 Å². The molecular weight excluding hydrogens is 112 g/mol. The molecule has 0 rings (SSSR count).